The molecule has 1 N–H and O–H groups in total. The number of para-hydroxylation sites is 1. The average Bonchev–Trinajstić information content (AvgIpc) is 3.04. The molecule has 0 spiro atoms. The van der Waals surface area contributed by atoms with E-state index in [0.717, 1.165) is 0 Å². The molecule has 6 nitrogen and oxygen atoms in total. The van der Waals surface area contributed by atoms with E-state index in [0.29, 0.717) is 22.6 Å². The fourth-order valence-electron chi connectivity index (χ4n) is 2.68. The number of likely N-dealkylation sites (N-methyl/N-ethyl adjacent to an activating group) is 1. The highest BCUT2D eigenvalue weighted by molar-refractivity contribution is 5.99. The molecule has 0 aliphatic heterocycles. The molecule has 0 bridgehead atoms. The summed E-state index contributed by atoms with van der Waals surface area (Å²) in [4.78, 5) is 26.2. The maximum Gasteiger partial charge on any atom is 0.257 e. The van der Waals surface area contributed by atoms with Gasteiger partial charge in [-0.3, -0.25) is 9.59 Å². The summed E-state index contributed by atoms with van der Waals surface area (Å²) in [5.41, 5.74) is 2.32. The van der Waals surface area contributed by atoms with Crippen molar-refractivity contribution >= 4 is 17.5 Å². The van der Waals surface area contributed by atoms with Crippen LogP contribution in [0.15, 0.2) is 60.8 Å². The Morgan fingerprint density at radius 3 is 2.44 bits per heavy atom. The summed E-state index contributed by atoms with van der Waals surface area (Å²) in [6.45, 7) is 1.66. The van der Waals surface area contributed by atoms with Gasteiger partial charge in [0.1, 0.15) is 5.82 Å². The normalized spacial score (nSPS) is 10.5. The van der Waals surface area contributed by atoms with Crippen molar-refractivity contribution in [3.8, 4) is 5.69 Å². The summed E-state index contributed by atoms with van der Waals surface area (Å²) in [5, 5.41) is 6.95. The number of amides is 2. The van der Waals surface area contributed by atoms with Crippen LogP contribution in [0.5, 0.6) is 0 Å². The first-order valence-corrected chi connectivity index (χ1v) is 8.36. The minimum atomic E-state index is -0.343. The Morgan fingerprint density at radius 1 is 1.11 bits per heavy atom. The van der Waals surface area contributed by atoms with Gasteiger partial charge in [0.2, 0.25) is 5.91 Å². The molecule has 1 heterocycles. The summed E-state index contributed by atoms with van der Waals surface area (Å²) in [6, 6.07) is 14.9. The van der Waals surface area contributed by atoms with E-state index < -0.39 is 0 Å². The van der Waals surface area contributed by atoms with Crippen LogP contribution in [-0.4, -0.2) is 40.1 Å². The summed E-state index contributed by atoms with van der Waals surface area (Å²) >= 11 is 0. The molecule has 1 aromatic heterocycles. The largest absolute Gasteiger partial charge is 0.332 e. The third-order valence-electron chi connectivity index (χ3n) is 4.10. The van der Waals surface area contributed by atoms with E-state index in [1.807, 2.05) is 18.2 Å². The third-order valence-corrected chi connectivity index (χ3v) is 4.10. The van der Waals surface area contributed by atoms with Gasteiger partial charge >= 0.3 is 0 Å². The summed E-state index contributed by atoms with van der Waals surface area (Å²) in [6.07, 6.45) is 1.45. The van der Waals surface area contributed by atoms with Crippen molar-refractivity contribution < 1.29 is 14.0 Å². The topological polar surface area (TPSA) is 67.2 Å². The molecule has 0 radical (unpaired) electrons. The molecule has 0 atom stereocenters. The third kappa shape index (κ3) is 4.20. The highest BCUT2D eigenvalue weighted by Gasteiger charge is 2.20. The molecule has 0 aliphatic rings. The number of nitrogens with one attached hydrogen (secondary N) is 1. The van der Waals surface area contributed by atoms with Crippen molar-refractivity contribution in [3.63, 3.8) is 0 Å². The lowest BCUT2D eigenvalue weighted by Crippen LogP contribution is -2.35. The van der Waals surface area contributed by atoms with Crippen molar-refractivity contribution in [3.05, 3.63) is 77.9 Å². The number of halogens is 1. The Hall–Kier alpha value is -3.48. The molecule has 0 saturated heterocycles. The van der Waals surface area contributed by atoms with Crippen LogP contribution in [0, 0.1) is 12.7 Å². The zero-order valence-corrected chi connectivity index (χ0v) is 15.0. The second kappa shape index (κ2) is 7.82. The highest BCUT2D eigenvalue weighted by atomic mass is 19.1. The molecular formula is C20H19FN4O2. The SMILES string of the molecule is Cc1c(C(=O)N(C)CC(=O)Nc2ccccc2)cnn1-c1ccc(F)cc1. The monoisotopic (exact) mass is 366 g/mol. The Labute approximate surface area is 156 Å². The number of carbonyl (C=O) groups excluding carboxylic acids is 2. The predicted octanol–water partition coefficient (Wildman–Crippen LogP) is 3.03. The molecule has 138 valence electrons. The van der Waals surface area contributed by atoms with Gasteiger partial charge in [-0.1, -0.05) is 18.2 Å². The Balaban J connectivity index is 1.70. The van der Waals surface area contributed by atoms with Gasteiger partial charge in [0.05, 0.1) is 29.7 Å². The molecular weight excluding hydrogens is 347 g/mol. The van der Waals surface area contributed by atoms with Crippen molar-refractivity contribution in [1.82, 2.24) is 14.7 Å². The Bertz CT molecular complexity index is 952. The lowest BCUT2D eigenvalue weighted by Gasteiger charge is -2.16. The van der Waals surface area contributed by atoms with E-state index in [-0.39, 0.29) is 24.2 Å². The smallest absolute Gasteiger partial charge is 0.257 e. The molecule has 0 unspecified atom stereocenters. The van der Waals surface area contributed by atoms with Crippen LogP contribution in [0.3, 0.4) is 0 Å². The minimum Gasteiger partial charge on any atom is -0.332 e. The second-order valence-electron chi connectivity index (χ2n) is 6.11. The Kier molecular flexibility index (Phi) is 5.30. The van der Waals surface area contributed by atoms with E-state index in [1.54, 1.807) is 42.9 Å². The number of hydrogen-bond acceptors (Lipinski definition) is 3. The second-order valence-corrected chi connectivity index (χ2v) is 6.11. The van der Waals surface area contributed by atoms with Gasteiger partial charge in [-0.2, -0.15) is 5.10 Å². The van der Waals surface area contributed by atoms with Gasteiger partial charge in [-0.25, -0.2) is 9.07 Å². The summed E-state index contributed by atoms with van der Waals surface area (Å²) < 4.78 is 14.7. The molecule has 0 aliphatic carbocycles. The number of anilines is 1. The summed E-state index contributed by atoms with van der Waals surface area (Å²) in [7, 11) is 1.56. The van der Waals surface area contributed by atoms with Gasteiger partial charge in [-0.05, 0) is 43.3 Å². The number of rotatable bonds is 5. The molecule has 27 heavy (non-hydrogen) atoms. The number of nitrogens with zero attached hydrogens (tertiary/aromatic N) is 3. The van der Waals surface area contributed by atoms with Gasteiger partial charge in [-0.15, -0.1) is 0 Å². The average molecular weight is 366 g/mol. The first kappa shape index (κ1) is 18.3. The molecule has 7 heteroatoms. The highest BCUT2D eigenvalue weighted by Crippen LogP contribution is 2.16. The molecule has 3 rings (SSSR count). The van der Waals surface area contributed by atoms with Gasteiger partial charge in [0, 0.05) is 12.7 Å². The molecule has 3 aromatic rings. The molecule has 0 fully saturated rings. The van der Waals surface area contributed by atoms with Crippen LogP contribution in [0.2, 0.25) is 0 Å². The van der Waals surface area contributed by atoms with E-state index in [9.17, 15) is 14.0 Å². The van der Waals surface area contributed by atoms with Gasteiger partial charge in [0.15, 0.2) is 0 Å². The quantitative estimate of drug-likeness (QED) is 0.755. The lowest BCUT2D eigenvalue weighted by atomic mass is 10.2. The van der Waals surface area contributed by atoms with Gasteiger partial charge < -0.3 is 10.2 Å². The van der Waals surface area contributed by atoms with E-state index in [2.05, 4.69) is 10.4 Å². The van der Waals surface area contributed by atoms with Crippen LogP contribution < -0.4 is 5.32 Å². The van der Waals surface area contributed by atoms with Crippen LogP contribution in [0.1, 0.15) is 16.1 Å². The van der Waals surface area contributed by atoms with Crippen LogP contribution in [-0.2, 0) is 4.79 Å². The van der Waals surface area contributed by atoms with Crippen molar-refractivity contribution in [2.75, 3.05) is 18.9 Å². The zero-order valence-electron chi connectivity index (χ0n) is 15.0. The van der Waals surface area contributed by atoms with E-state index >= 15 is 0 Å². The number of hydrogen-bond donors (Lipinski definition) is 1. The van der Waals surface area contributed by atoms with Crippen molar-refractivity contribution in [1.29, 1.82) is 0 Å². The predicted molar refractivity (Wildman–Crippen MR) is 100 cm³/mol. The standard InChI is InChI=1S/C20H19FN4O2/c1-14-18(12-22-25(14)17-10-8-15(21)9-11-17)20(27)24(2)13-19(26)23-16-6-4-3-5-7-16/h3-12H,13H2,1-2H3,(H,23,26). The molecule has 2 amide bonds. The Morgan fingerprint density at radius 2 is 1.78 bits per heavy atom. The summed E-state index contributed by atoms with van der Waals surface area (Å²) in [5.74, 6) is -0.950. The molecule has 2 aromatic carbocycles. The van der Waals surface area contributed by atoms with Gasteiger partial charge in [0.25, 0.3) is 5.91 Å². The lowest BCUT2D eigenvalue weighted by molar-refractivity contribution is -0.116. The van der Waals surface area contributed by atoms with Crippen LogP contribution >= 0.6 is 0 Å². The maximum atomic E-state index is 13.1. The number of carbonyl (C=O) groups is 2. The van der Waals surface area contributed by atoms with E-state index in [1.165, 1.54) is 23.2 Å². The number of benzene rings is 2. The van der Waals surface area contributed by atoms with E-state index in [4.69, 9.17) is 0 Å². The zero-order chi connectivity index (χ0) is 19.4. The number of aromatic nitrogens is 2. The van der Waals surface area contributed by atoms with Crippen LogP contribution in [0.4, 0.5) is 10.1 Å². The fourth-order valence-corrected chi connectivity index (χ4v) is 2.68. The fraction of sp³-hybridized carbons (Fsp3) is 0.150. The first-order chi connectivity index (χ1) is 13.0. The van der Waals surface area contributed by atoms with Crippen molar-refractivity contribution in [2.45, 2.75) is 6.92 Å². The maximum absolute atomic E-state index is 13.1. The van der Waals surface area contributed by atoms with Crippen molar-refractivity contribution in [2.24, 2.45) is 0 Å². The molecule has 0 saturated carbocycles. The first-order valence-electron chi connectivity index (χ1n) is 8.36. The van der Waals surface area contributed by atoms with Crippen LogP contribution in [0.25, 0.3) is 5.69 Å². The minimum absolute atomic E-state index is 0.0884.